The molecule has 0 aliphatic rings. The topological polar surface area (TPSA) is 37.0 Å². The van der Waals surface area contributed by atoms with Crippen LogP contribution in [0, 0.1) is 0 Å². The predicted octanol–water partition coefficient (Wildman–Crippen LogP) is 3.89. The number of hydrogen-bond donors (Lipinski definition) is 2. The van der Waals surface area contributed by atoms with Gasteiger partial charge in [-0.25, -0.2) is 0 Å². The zero-order valence-electron chi connectivity index (χ0n) is 11.5. The van der Waals surface area contributed by atoms with Crippen LogP contribution < -0.4 is 10.6 Å². The van der Waals surface area contributed by atoms with Gasteiger partial charge in [-0.3, -0.25) is 4.98 Å². The third kappa shape index (κ3) is 5.07. The summed E-state index contributed by atoms with van der Waals surface area (Å²) in [5.74, 6) is 0. The summed E-state index contributed by atoms with van der Waals surface area (Å²) >= 11 is 0. The molecule has 1 rings (SSSR count). The third-order valence-corrected chi connectivity index (χ3v) is 2.68. The summed E-state index contributed by atoms with van der Waals surface area (Å²) in [6.45, 7) is 9.81. The van der Waals surface area contributed by atoms with E-state index >= 15 is 0 Å². The Bertz CT molecular complexity index is 334. The van der Waals surface area contributed by atoms with Crippen molar-refractivity contribution in [3.8, 4) is 0 Å². The molecule has 2 N–H and O–H groups in total. The smallest absolute Gasteiger partial charge is 0.0551 e. The minimum absolute atomic E-state index is 0.125. The molecule has 3 nitrogen and oxygen atoms in total. The van der Waals surface area contributed by atoms with Crippen molar-refractivity contribution in [1.29, 1.82) is 0 Å². The van der Waals surface area contributed by atoms with E-state index in [0.29, 0.717) is 0 Å². The van der Waals surface area contributed by atoms with Crippen molar-refractivity contribution < 1.29 is 0 Å². The van der Waals surface area contributed by atoms with Gasteiger partial charge in [0, 0.05) is 12.1 Å². The molecule has 0 spiro atoms. The molecule has 0 saturated carbocycles. The van der Waals surface area contributed by atoms with Gasteiger partial charge < -0.3 is 10.6 Å². The van der Waals surface area contributed by atoms with Crippen molar-refractivity contribution in [2.75, 3.05) is 17.2 Å². The number of pyridine rings is 1. The highest BCUT2D eigenvalue weighted by atomic mass is 15.0. The molecule has 1 aromatic rings. The fraction of sp³-hybridized carbons (Fsp3) is 0.643. The normalized spacial score (nSPS) is 11.3. The number of rotatable bonds is 7. The Balaban J connectivity index is 2.64. The molecule has 0 aliphatic heterocycles. The van der Waals surface area contributed by atoms with Crippen LogP contribution in [-0.4, -0.2) is 17.1 Å². The molecule has 0 radical (unpaired) electrons. The zero-order chi connectivity index (χ0) is 12.7. The molecule has 1 heterocycles. The average molecular weight is 235 g/mol. The summed E-state index contributed by atoms with van der Waals surface area (Å²) in [5.41, 5.74) is 2.30. The van der Waals surface area contributed by atoms with Gasteiger partial charge in [0.25, 0.3) is 0 Å². The molecular weight excluding hydrogens is 210 g/mol. The monoisotopic (exact) mass is 235 g/mol. The Kier molecular flexibility index (Phi) is 5.26. The highest BCUT2D eigenvalue weighted by molar-refractivity contribution is 5.54. The third-order valence-electron chi connectivity index (χ3n) is 2.68. The Morgan fingerprint density at radius 2 is 1.82 bits per heavy atom. The lowest BCUT2D eigenvalue weighted by Gasteiger charge is -2.27. The molecular formula is C14H25N3. The van der Waals surface area contributed by atoms with E-state index in [-0.39, 0.29) is 5.54 Å². The van der Waals surface area contributed by atoms with Crippen LogP contribution in [0.4, 0.5) is 11.4 Å². The van der Waals surface area contributed by atoms with Gasteiger partial charge in [-0.1, -0.05) is 20.3 Å². The van der Waals surface area contributed by atoms with Gasteiger partial charge in [0.05, 0.1) is 23.8 Å². The molecule has 17 heavy (non-hydrogen) atoms. The van der Waals surface area contributed by atoms with Crippen molar-refractivity contribution >= 4 is 11.4 Å². The molecule has 0 unspecified atom stereocenters. The maximum atomic E-state index is 4.26. The van der Waals surface area contributed by atoms with Gasteiger partial charge in [-0.05, 0) is 32.8 Å². The lowest BCUT2D eigenvalue weighted by Crippen LogP contribution is -2.30. The lowest BCUT2D eigenvalue weighted by molar-refractivity contribution is 0.511. The molecule has 1 aromatic heterocycles. The molecule has 0 saturated heterocycles. The minimum atomic E-state index is 0.125. The number of anilines is 2. The summed E-state index contributed by atoms with van der Waals surface area (Å²) in [5, 5.41) is 6.88. The first kappa shape index (κ1) is 13.8. The molecule has 0 aromatic carbocycles. The second-order valence-corrected chi connectivity index (χ2v) is 5.15. The SMILES string of the molecule is CCCNc1cncc(NC(C)(C)CCC)c1. The Morgan fingerprint density at radius 3 is 2.47 bits per heavy atom. The quantitative estimate of drug-likeness (QED) is 0.752. The summed E-state index contributed by atoms with van der Waals surface area (Å²) in [6.07, 6.45) is 7.21. The fourth-order valence-corrected chi connectivity index (χ4v) is 1.95. The van der Waals surface area contributed by atoms with Crippen LogP contribution >= 0.6 is 0 Å². The average Bonchev–Trinajstić information content (AvgIpc) is 2.26. The fourth-order valence-electron chi connectivity index (χ4n) is 1.95. The van der Waals surface area contributed by atoms with Crippen LogP contribution in [0.3, 0.4) is 0 Å². The molecule has 0 amide bonds. The highest BCUT2D eigenvalue weighted by Gasteiger charge is 2.15. The number of nitrogens with zero attached hydrogens (tertiary/aromatic N) is 1. The molecule has 0 fully saturated rings. The van der Waals surface area contributed by atoms with Crippen LogP contribution in [0.15, 0.2) is 18.5 Å². The van der Waals surface area contributed by atoms with Crippen LogP contribution in [0.2, 0.25) is 0 Å². The summed E-state index contributed by atoms with van der Waals surface area (Å²) in [6, 6.07) is 2.13. The van der Waals surface area contributed by atoms with Gasteiger partial charge in [0.2, 0.25) is 0 Å². The summed E-state index contributed by atoms with van der Waals surface area (Å²) in [4.78, 5) is 4.26. The Hall–Kier alpha value is -1.25. The van der Waals surface area contributed by atoms with E-state index in [0.717, 1.165) is 30.8 Å². The van der Waals surface area contributed by atoms with Crippen LogP contribution in [0.25, 0.3) is 0 Å². The molecule has 0 atom stereocenters. The van der Waals surface area contributed by atoms with E-state index in [1.54, 1.807) is 0 Å². The van der Waals surface area contributed by atoms with E-state index in [1.807, 2.05) is 12.4 Å². The van der Waals surface area contributed by atoms with E-state index in [2.05, 4.69) is 49.4 Å². The molecule has 0 aliphatic carbocycles. The van der Waals surface area contributed by atoms with E-state index < -0.39 is 0 Å². The van der Waals surface area contributed by atoms with Crippen LogP contribution in [0.1, 0.15) is 47.0 Å². The predicted molar refractivity (Wildman–Crippen MR) is 75.6 cm³/mol. The first-order valence-electron chi connectivity index (χ1n) is 6.54. The number of nitrogens with one attached hydrogen (secondary N) is 2. The van der Waals surface area contributed by atoms with E-state index in [9.17, 15) is 0 Å². The van der Waals surface area contributed by atoms with Crippen molar-refractivity contribution in [3.05, 3.63) is 18.5 Å². The van der Waals surface area contributed by atoms with Crippen molar-refractivity contribution in [1.82, 2.24) is 4.98 Å². The first-order chi connectivity index (χ1) is 8.07. The van der Waals surface area contributed by atoms with Gasteiger partial charge in [0.15, 0.2) is 0 Å². The second-order valence-electron chi connectivity index (χ2n) is 5.15. The van der Waals surface area contributed by atoms with Crippen molar-refractivity contribution in [2.24, 2.45) is 0 Å². The summed E-state index contributed by atoms with van der Waals surface area (Å²) in [7, 11) is 0. The number of aromatic nitrogens is 1. The maximum absolute atomic E-state index is 4.26. The van der Waals surface area contributed by atoms with E-state index in [1.165, 1.54) is 6.42 Å². The van der Waals surface area contributed by atoms with Crippen molar-refractivity contribution in [3.63, 3.8) is 0 Å². The first-order valence-corrected chi connectivity index (χ1v) is 6.54. The second kappa shape index (κ2) is 6.48. The van der Waals surface area contributed by atoms with Crippen LogP contribution in [0.5, 0.6) is 0 Å². The summed E-state index contributed by atoms with van der Waals surface area (Å²) < 4.78 is 0. The van der Waals surface area contributed by atoms with Gasteiger partial charge in [0.1, 0.15) is 0 Å². The standard InChI is InChI=1S/C14H25N3/c1-5-7-14(3,4)17-13-9-12(10-15-11-13)16-8-6-2/h9-11,16-17H,5-8H2,1-4H3. The van der Waals surface area contributed by atoms with Crippen LogP contribution in [-0.2, 0) is 0 Å². The Labute approximate surface area is 105 Å². The lowest BCUT2D eigenvalue weighted by atomic mass is 9.99. The highest BCUT2D eigenvalue weighted by Crippen LogP contribution is 2.21. The minimum Gasteiger partial charge on any atom is -0.384 e. The van der Waals surface area contributed by atoms with E-state index in [4.69, 9.17) is 0 Å². The zero-order valence-corrected chi connectivity index (χ0v) is 11.5. The number of hydrogen-bond acceptors (Lipinski definition) is 3. The van der Waals surface area contributed by atoms with Gasteiger partial charge in [-0.15, -0.1) is 0 Å². The van der Waals surface area contributed by atoms with Crippen molar-refractivity contribution in [2.45, 2.75) is 52.5 Å². The molecule has 3 heteroatoms. The Morgan fingerprint density at radius 1 is 1.12 bits per heavy atom. The molecule has 0 bridgehead atoms. The maximum Gasteiger partial charge on any atom is 0.0551 e. The van der Waals surface area contributed by atoms with Gasteiger partial charge >= 0.3 is 0 Å². The largest absolute Gasteiger partial charge is 0.384 e. The molecule has 96 valence electrons. The van der Waals surface area contributed by atoms with Gasteiger partial charge in [-0.2, -0.15) is 0 Å².